The highest BCUT2D eigenvalue weighted by molar-refractivity contribution is 9.10. The van der Waals surface area contributed by atoms with Gasteiger partial charge in [0, 0.05) is 29.2 Å². The molecule has 6 heteroatoms. The molecule has 0 spiro atoms. The number of pyridine rings is 1. The van der Waals surface area contributed by atoms with Crippen molar-refractivity contribution in [3.63, 3.8) is 0 Å². The Balaban J connectivity index is 1.87. The van der Waals surface area contributed by atoms with Gasteiger partial charge in [-0.3, -0.25) is 4.98 Å². The number of hydrogen-bond acceptors (Lipinski definition) is 5. The van der Waals surface area contributed by atoms with Crippen LogP contribution in [0.25, 0.3) is 0 Å². The van der Waals surface area contributed by atoms with Crippen LogP contribution in [-0.4, -0.2) is 21.5 Å². The average Bonchev–Trinajstić information content (AvgIpc) is 3.23. The van der Waals surface area contributed by atoms with Gasteiger partial charge in [-0.1, -0.05) is 0 Å². The summed E-state index contributed by atoms with van der Waals surface area (Å²) >= 11 is 3.37. The molecular formula is C14H15BrN4O. The van der Waals surface area contributed by atoms with Gasteiger partial charge in [0.05, 0.1) is 6.20 Å². The quantitative estimate of drug-likeness (QED) is 0.902. The van der Waals surface area contributed by atoms with E-state index in [9.17, 15) is 0 Å². The standard InChI is InChI=1S/C14H15BrN4O/c1-2-17-12-6-13(19-14(18-12)9-3-4-9)20-11-5-10(15)7-16-8-11/h5-9H,2-4H2,1H3,(H,17,18,19). The number of hydrogen-bond donors (Lipinski definition) is 1. The van der Waals surface area contributed by atoms with E-state index < -0.39 is 0 Å². The molecule has 104 valence electrons. The van der Waals surface area contributed by atoms with Gasteiger partial charge in [0.1, 0.15) is 17.4 Å². The molecule has 2 aromatic heterocycles. The smallest absolute Gasteiger partial charge is 0.224 e. The molecule has 0 radical (unpaired) electrons. The van der Waals surface area contributed by atoms with Gasteiger partial charge < -0.3 is 10.1 Å². The second-order valence-corrected chi connectivity index (χ2v) is 5.61. The van der Waals surface area contributed by atoms with Gasteiger partial charge in [-0.05, 0) is 41.8 Å². The Kier molecular flexibility index (Phi) is 3.82. The van der Waals surface area contributed by atoms with Crippen molar-refractivity contribution in [1.82, 2.24) is 15.0 Å². The lowest BCUT2D eigenvalue weighted by Crippen LogP contribution is -2.04. The average molecular weight is 335 g/mol. The lowest BCUT2D eigenvalue weighted by atomic mass is 10.4. The van der Waals surface area contributed by atoms with E-state index in [-0.39, 0.29) is 0 Å². The predicted octanol–water partition coefficient (Wildman–Crippen LogP) is 3.74. The SMILES string of the molecule is CCNc1cc(Oc2cncc(Br)c2)nc(C2CC2)n1. The van der Waals surface area contributed by atoms with E-state index in [0.29, 0.717) is 17.5 Å². The maximum absolute atomic E-state index is 5.78. The van der Waals surface area contributed by atoms with Gasteiger partial charge in [0.15, 0.2) is 0 Å². The molecule has 0 aliphatic heterocycles. The van der Waals surface area contributed by atoms with E-state index >= 15 is 0 Å². The summed E-state index contributed by atoms with van der Waals surface area (Å²) < 4.78 is 6.65. The summed E-state index contributed by atoms with van der Waals surface area (Å²) in [5, 5.41) is 3.21. The minimum Gasteiger partial charge on any atom is -0.437 e. The van der Waals surface area contributed by atoms with Gasteiger partial charge >= 0.3 is 0 Å². The van der Waals surface area contributed by atoms with Crippen molar-refractivity contribution in [3.05, 3.63) is 34.8 Å². The van der Waals surface area contributed by atoms with Crippen LogP contribution in [0.4, 0.5) is 5.82 Å². The molecule has 0 amide bonds. The second-order valence-electron chi connectivity index (χ2n) is 4.70. The molecule has 0 atom stereocenters. The Morgan fingerprint density at radius 3 is 2.85 bits per heavy atom. The van der Waals surface area contributed by atoms with E-state index in [4.69, 9.17) is 4.74 Å². The van der Waals surface area contributed by atoms with Crippen LogP contribution in [0.15, 0.2) is 29.0 Å². The first-order valence-corrected chi connectivity index (χ1v) is 7.45. The van der Waals surface area contributed by atoms with Crippen molar-refractivity contribution in [3.8, 4) is 11.6 Å². The Bertz CT molecular complexity index is 616. The maximum atomic E-state index is 5.78. The highest BCUT2D eigenvalue weighted by Gasteiger charge is 2.27. The number of nitrogens with one attached hydrogen (secondary N) is 1. The number of rotatable bonds is 5. The van der Waals surface area contributed by atoms with Crippen LogP contribution in [-0.2, 0) is 0 Å². The highest BCUT2D eigenvalue weighted by atomic mass is 79.9. The maximum Gasteiger partial charge on any atom is 0.224 e. The summed E-state index contributed by atoms with van der Waals surface area (Å²) in [6.07, 6.45) is 5.70. The fraction of sp³-hybridized carbons (Fsp3) is 0.357. The van der Waals surface area contributed by atoms with Gasteiger partial charge in [-0.15, -0.1) is 0 Å². The third kappa shape index (κ3) is 3.25. The van der Waals surface area contributed by atoms with E-state index in [1.54, 1.807) is 12.4 Å². The molecule has 0 unspecified atom stereocenters. The monoisotopic (exact) mass is 334 g/mol. The normalized spacial score (nSPS) is 14.1. The van der Waals surface area contributed by atoms with Crippen LogP contribution in [0.2, 0.25) is 0 Å². The molecule has 5 nitrogen and oxygen atoms in total. The number of anilines is 1. The molecule has 3 rings (SSSR count). The number of ether oxygens (including phenoxy) is 1. The molecule has 0 aromatic carbocycles. The lowest BCUT2D eigenvalue weighted by molar-refractivity contribution is 0.456. The van der Waals surface area contributed by atoms with Crippen molar-refractivity contribution in [2.45, 2.75) is 25.7 Å². The van der Waals surface area contributed by atoms with Gasteiger partial charge in [0.2, 0.25) is 5.88 Å². The third-order valence-corrected chi connectivity index (χ3v) is 3.36. The minimum atomic E-state index is 0.483. The third-order valence-electron chi connectivity index (χ3n) is 2.92. The molecule has 1 aliphatic carbocycles. The summed E-state index contributed by atoms with van der Waals surface area (Å²) in [6, 6.07) is 3.68. The molecule has 2 heterocycles. The van der Waals surface area contributed by atoms with Crippen LogP contribution < -0.4 is 10.1 Å². The second kappa shape index (κ2) is 5.75. The summed E-state index contributed by atoms with van der Waals surface area (Å²) in [7, 11) is 0. The zero-order chi connectivity index (χ0) is 13.9. The van der Waals surface area contributed by atoms with Crippen molar-refractivity contribution in [2.24, 2.45) is 0 Å². The Labute approximate surface area is 125 Å². The fourth-order valence-corrected chi connectivity index (χ4v) is 2.20. The summed E-state index contributed by atoms with van der Waals surface area (Å²) in [5.41, 5.74) is 0. The van der Waals surface area contributed by atoms with E-state index in [1.165, 1.54) is 0 Å². The molecule has 1 fully saturated rings. The molecule has 0 saturated heterocycles. The summed E-state index contributed by atoms with van der Waals surface area (Å²) in [5.74, 6) is 3.36. The lowest BCUT2D eigenvalue weighted by Gasteiger charge is -2.09. The zero-order valence-electron chi connectivity index (χ0n) is 11.1. The Hall–Kier alpha value is -1.69. The van der Waals surface area contributed by atoms with Crippen LogP contribution in [0.1, 0.15) is 31.5 Å². The summed E-state index contributed by atoms with van der Waals surface area (Å²) in [4.78, 5) is 13.1. The Morgan fingerprint density at radius 1 is 1.30 bits per heavy atom. The van der Waals surface area contributed by atoms with Crippen LogP contribution in [0, 0.1) is 0 Å². The van der Waals surface area contributed by atoms with Gasteiger partial charge in [0.25, 0.3) is 0 Å². The molecule has 1 aliphatic rings. The van der Waals surface area contributed by atoms with Gasteiger partial charge in [-0.2, -0.15) is 4.98 Å². The van der Waals surface area contributed by atoms with Crippen LogP contribution in [0.3, 0.4) is 0 Å². The van der Waals surface area contributed by atoms with Crippen molar-refractivity contribution in [1.29, 1.82) is 0 Å². The minimum absolute atomic E-state index is 0.483. The van der Waals surface area contributed by atoms with Crippen molar-refractivity contribution < 1.29 is 4.74 Å². The first kappa shape index (κ1) is 13.3. The van der Waals surface area contributed by atoms with E-state index in [0.717, 1.165) is 35.5 Å². The van der Waals surface area contributed by atoms with E-state index in [1.807, 2.05) is 19.1 Å². The molecule has 1 N–H and O–H groups in total. The molecule has 0 bridgehead atoms. The van der Waals surface area contributed by atoms with Crippen molar-refractivity contribution in [2.75, 3.05) is 11.9 Å². The zero-order valence-corrected chi connectivity index (χ0v) is 12.7. The van der Waals surface area contributed by atoms with E-state index in [2.05, 4.69) is 36.2 Å². The molecule has 1 saturated carbocycles. The number of halogens is 1. The topological polar surface area (TPSA) is 59.9 Å². The Morgan fingerprint density at radius 2 is 2.15 bits per heavy atom. The first-order chi connectivity index (χ1) is 9.74. The van der Waals surface area contributed by atoms with Crippen LogP contribution >= 0.6 is 15.9 Å². The molecular weight excluding hydrogens is 320 g/mol. The predicted molar refractivity (Wildman–Crippen MR) is 80.2 cm³/mol. The van der Waals surface area contributed by atoms with Crippen LogP contribution in [0.5, 0.6) is 11.6 Å². The number of aromatic nitrogens is 3. The summed E-state index contributed by atoms with van der Waals surface area (Å²) in [6.45, 7) is 2.86. The highest BCUT2D eigenvalue weighted by Crippen LogP contribution is 2.39. The largest absolute Gasteiger partial charge is 0.437 e. The molecule has 2 aromatic rings. The first-order valence-electron chi connectivity index (χ1n) is 6.66. The number of nitrogens with zero attached hydrogens (tertiary/aromatic N) is 3. The fourth-order valence-electron chi connectivity index (χ4n) is 1.86. The van der Waals surface area contributed by atoms with Gasteiger partial charge in [-0.25, -0.2) is 4.98 Å². The molecule has 20 heavy (non-hydrogen) atoms. The van der Waals surface area contributed by atoms with Crippen molar-refractivity contribution >= 4 is 21.7 Å².